The minimum Gasteiger partial charge on any atom is -0.322 e. The van der Waals surface area contributed by atoms with E-state index in [-0.39, 0.29) is 12.0 Å². The van der Waals surface area contributed by atoms with Crippen molar-refractivity contribution in [1.82, 2.24) is 9.55 Å². The first-order chi connectivity index (χ1) is 10.3. The normalized spacial score (nSPS) is 33.0. The third kappa shape index (κ3) is 1.44. The average molecular weight is 278 g/mol. The van der Waals surface area contributed by atoms with Crippen LogP contribution in [0.25, 0.3) is 11.3 Å². The number of fused-ring (bicyclic) bond motifs is 6. The Kier molecular flexibility index (Phi) is 2.27. The van der Waals surface area contributed by atoms with Crippen LogP contribution in [-0.2, 0) is 4.79 Å². The predicted octanol–water partition coefficient (Wildman–Crippen LogP) is 3.46. The number of benzene rings is 1. The molecule has 0 unspecified atom stereocenters. The van der Waals surface area contributed by atoms with Gasteiger partial charge in [0.1, 0.15) is 5.78 Å². The summed E-state index contributed by atoms with van der Waals surface area (Å²) in [6.45, 7) is 0. The number of nitrogens with zero attached hydrogens (tertiary/aromatic N) is 2. The van der Waals surface area contributed by atoms with E-state index in [9.17, 15) is 4.79 Å². The largest absolute Gasteiger partial charge is 0.322 e. The molecule has 3 aliphatic carbocycles. The predicted molar refractivity (Wildman–Crippen MR) is 79.7 cm³/mol. The molecule has 1 aromatic heterocycles. The van der Waals surface area contributed by atoms with Gasteiger partial charge in [-0.2, -0.15) is 0 Å². The Labute approximate surface area is 124 Å². The molecule has 21 heavy (non-hydrogen) atoms. The van der Waals surface area contributed by atoms with Crippen LogP contribution < -0.4 is 0 Å². The number of carbonyl (C=O) groups is 1. The number of hydrogen-bond acceptors (Lipinski definition) is 2. The second-order valence-corrected chi connectivity index (χ2v) is 6.76. The second-order valence-electron chi connectivity index (χ2n) is 6.76. The lowest BCUT2D eigenvalue weighted by Gasteiger charge is -2.44. The number of rotatable bonds is 1. The Bertz CT molecular complexity index is 724. The van der Waals surface area contributed by atoms with Crippen molar-refractivity contribution in [3.05, 3.63) is 42.4 Å². The lowest BCUT2D eigenvalue weighted by atomic mass is 9.61. The van der Waals surface area contributed by atoms with Gasteiger partial charge in [-0.3, -0.25) is 4.79 Å². The molecule has 4 aliphatic rings. The van der Waals surface area contributed by atoms with Gasteiger partial charge in [0.2, 0.25) is 0 Å². The molecule has 0 radical (unpaired) electrons. The van der Waals surface area contributed by atoms with Gasteiger partial charge in [-0.15, -0.1) is 0 Å². The molecule has 3 fully saturated rings. The van der Waals surface area contributed by atoms with E-state index in [1.807, 2.05) is 12.5 Å². The highest BCUT2D eigenvalue weighted by Crippen LogP contribution is 2.52. The van der Waals surface area contributed by atoms with Crippen LogP contribution in [-0.4, -0.2) is 15.3 Å². The van der Waals surface area contributed by atoms with Gasteiger partial charge in [0.15, 0.2) is 0 Å². The summed E-state index contributed by atoms with van der Waals surface area (Å²) >= 11 is 0. The molecule has 0 saturated heterocycles. The number of hydrogen-bond donors (Lipinski definition) is 0. The minimum atomic E-state index is 0.161. The van der Waals surface area contributed by atoms with Crippen LogP contribution in [0.1, 0.15) is 37.3 Å². The Hall–Kier alpha value is -1.90. The Morgan fingerprint density at radius 1 is 1.10 bits per heavy atom. The van der Waals surface area contributed by atoms with Crippen LogP contribution in [0, 0.1) is 17.8 Å². The summed E-state index contributed by atoms with van der Waals surface area (Å²) in [4.78, 5) is 17.2. The molecular formula is C18H18N2O. The van der Waals surface area contributed by atoms with E-state index in [2.05, 4.69) is 33.8 Å². The van der Waals surface area contributed by atoms with Gasteiger partial charge < -0.3 is 4.57 Å². The fraction of sp³-hybridized carbons (Fsp3) is 0.444. The van der Waals surface area contributed by atoms with Crippen LogP contribution in [0.2, 0.25) is 0 Å². The molecule has 106 valence electrons. The maximum Gasteiger partial charge on any atom is 0.141 e. The smallest absolute Gasteiger partial charge is 0.141 e. The number of carbonyl (C=O) groups excluding carboxylic acids is 1. The van der Waals surface area contributed by atoms with Crippen molar-refractivity contribution in [2.24, 2.45) is 17.8 Å². The Morgan fingerprint density at radius 3 is 2.71 bits per heavy atom. The maximum atomic E-state index is 12.9. The van der Waals surface area contributed by atoms with Crippen molar-refractivity contribution in [2.45, 2.75) is 31.7 Å². The SMILES string of the molecule is O=C1C2CCC(CC2)[C@H]1[C@H]1c2ccccc2-c2cncn21. The first-order valence-corrected chi connectivity index (χ1v) is 7.99. The molecule has 6 rings (SSSR count). The molecule has 3 saturated carbocycles. The Balaban J connectivity index is 1.68. The molecular weight excluding hydrogens is 260 g/mol. The maximum absolute atomic E-state index is 12.9. The zero-order valence-electron chi connectivity index (χ0n) is 11.9. The van der Waals surface area contributed by atoms with Gasteiger partial charge in [-0.1, -0.05) is 24.3 Å². The molecule has 3 heteroatoms. The zero-order chi connectivity index (χ0) is 14.0. The van der Waals surface area contributed by atoms with E-state index in [4.69, 9.17) is 0 Å². The molecule has 0 N–H and O–H groups in total. The standard InChI is InChI=1S/C18H18N2O/c21-18-12-7-5-11(6-8-12)16(18)17-14-4-2-1-3-13(14)15-9-19-10-20(15)17/h1-4,9-12,16-17H,5-8H2/t11?,12?,16-,17+/m0/s1. The number of aromatic nitrogens is 2. The van der Waals surface area contributed by atoms with Crippen molar-refractivity contribution in [3.63, 3.8) is 0 Å². The van der Waals surface area contributed by atoms with Crippen molar-refractivity contribution >= 4 is 5.78 Å². The molecule has 2 aromatic rings. The Morgan fingerprint density at radius 2 is 1.90 bits per heavy atom. The van der Waals surface area contributed by atoms with E-state index in [0.717, 1.165) is 12.8 Å². The molecule has 1 aromatic carbocycles. The molecule has 2 bridgehead atoms. The van der Waals surface area contributed by atoms with Crippen LogP contribution >= 0.6 is 0 Å². The second kappa shape index (κ2) is 4.06. The third-order valence-electron chi connectivity index (χ3n) is 5.87. The topological polar surface area (TPSA) is 34.9 Å². The monoisotopic (exact) mass is 278 g/mol. The molecule has 2 heterocycles. The lowest BCUT2D eigenvalue weighted by molar-refractivity contribution is -0.137. The lowest BCUT2D eigenvalue weighted by Crippen LogP contribution is -2.44. The molecule has 0 spiro atoms. The minimum absolute atomic E-state index is 0.161. The first-order valence-electron chi connectivity index (χ1n) is 7.99. The van der Waals surface area contributed by atoms with Gasteiger partial charge in [0.25, 0.3) is 0 Å². The highest BCUT2D eigenvalue weighted by molar-refractivity contribution is 5.87. The van der Waals surface area contributed by atoms with Gasteiger partial charge in [-0.25, -0.2) is 4.98 Å². The summed E-state index contributed by atoms with van der Waals surface area (Å²) in [7, 11) is 0. The number of imidazole rings is 1. The summed E-state index contributed by atoms with van der Waals surface area (Å²) in [5, 5.41) is 0. The third-order valence-corrected chi connectivity index (χ3v) is 5.87. The van der Waals surface area contributed by atoms with Crippen LogP contribution in [0.3, 0.4) is 0 Å². The summed E-state index contributed by atoms with van der Waals surface area (Å²) in [6, 6.07) is 8.71. The quantitative estimate of drug-likeness (QED) is 0.800. The van der Waals surface area contributed by atoms with Gasteiger partial charge in [0.05, 0.1) is 24.3 Å². The van der Waals surface area contributed by atoms with Crippen molar-refractivity contribution in [1.29, 1.82) is 0 Å². The summed E-state index contributed by atoms with van der Waals surface area (Å²) in [5.41, 5.74) is 3.75. The van der Waals surface area contributed by atoms with Crippen molar-refractivity contribution in [2.75, 3.05) is 0 Å². The summed E-state index contributed by atoms with van der Waals surface area (Å²) in [5.74, 6) is 1.56. The molecule has 0 amide bonds. The molecule has 3 nitrogen and oxygen atoms in total. The van der Waals surface area contributed by atoms with Gasteiger partial charge >= 0.3 is 0 Å². The van der Waals surface area contributed by atoms with E-state index >= 15 is 0 Å². The molecule has 1 aliphatic heterocycles. The highest BCUT2D eigenvalue weighted by Gasteiger charge is 2.49. The van der Waals surface area contributed by atoms with Crippen LogP contribution in [0.4, 0.5) is 0 Å². The average Bonchev–Trinajstić information content (AvgIpc) is 3.10. The van der Waals surface area contributed by atoms with E-state index in [0.29, 0.717) is 17.6 Å². The fourth-order valence-corrected chi connectivity index (χ4v) is 4.92. The van der Waals surface area contributed by atoms with E-state index < -0.39 is 0 Å². The first kappa shape index (κ1) is 11.7. The van der Waals surface area contributed by atoms with Crippen LogP contribution in [0.15, 0.2) is 36.8 Å². The van der Waals surface area contributed by atoms with Crippen LogP contribution in [0.5, 0.6) is 0 Å². The van der Waals surface area contributed by atoms with Gasteiger partial charge in [-0.05, 0) is 37.2 Å². The van der Waals surface area contributed by atoms with Crippen molar-refractivity contribution in [3.8, 4) is 11.3 Å². The highest BCUT2D eigenvalue weighted by atomic mass is 16.1. The van der Waals surface area contributed by atoms with E-state index in [1.165, 1.54) is 29.7 Å². The van der Waals surface area contributed by atoms with E-state index in [1.54, 1.807) is 0 Å². The number of Topliss-reactive ketones (excluding diaryl/α,β-unsaturated/α-hetero) is 1. The fourth-order valence-electron chi connectivity index (χ4n) is 4.92. The molecule has 2 atom stereocenters. The summed E-state index contributed by atoms with van der Waals surface area (Å²) in [6.07, 6.45) is 8.53. The number of ketones is 1. The van der Waals surface area contributed by atoms with Gasteiger partial charge in [0, 0.05) is 17.4 Å². The van der Waals surface area contributed by atoms with Crippen molar-refractivity contribution < 1.29 is 4.79 Å². The zero-order valence-corrected chi connectivity index (χ0v) is 11.9. The summed E-state index contributed by atoms with van der Waals surface area (Å²) < 4.78 is 2.24.